The summed E-state index contributed by atoms with van der Waals surface area (Å²) in [6.45, 7) is 3.22. The Morgan fingerprint density at radius 2 is 1.75 bits per heavy atom. The maximum Gasteiger partial charge on any atom is 0.387 e. The second-order valence-corrected chi connectivity index (χ2v) is 4.54. The van der Waals surface area contributed by atoms with Crippen molar-refractivity contribution in [1.82, 2.24) is 0 Å². The molecular formula is C15H22F2O3. The second kappa shape index (κ2) is 8.04. The van der Waals surface area contributed by atoms with E-state index in [2.05, 4.69) is 4.74 Å². The smallest absolute Gasteiger partial charge is 0.387 e. The highest BCUT2D eigenvalue weighted by Crippen LogP contribution is 2.35. The number of rotatable bonds is 8. The lowest BCUT2D eigenvalue weighted by Gasteiger charge is -2.21. The molecule has 0 heterocycles. The maximum absolute atomic E-state index is 12.3. The lowest BCUT2D eigenvalue weighted by molar-refractivity contribution is -0.0514. The summed E-state index contributed by atoms with van der Waals surface area (Å²) in [5.41, 5.74) is 0.656. The fourth-order valence-electron chi connectivity index (χ4n) is 2.18. The summed E-state index contributed by atoms with van der Waals surface area (Å²) in [6, 6.07) is 4.59. The van der Waals surface area contributed by atoms with Crippen molar-refractivity contribution in [1.29, 1.82) is 0 Å². The number of ether oxygens (including phenoxy) is 2. The van der Waals surface area contributed by atoms with Gasteiger partial charge in [-0.05, 0) is 30.5 Å². The molecule has 0 amide bonds. The summed E-state index contributed by atoms with van der Waals surface area (Å²) in [7, 11) is 0. The van der Waals surface area contributed by atoms with Crippen LogP contribution in [0, 0.1) is 5.92 Å². The zero-order valence-corrected chi connectivity index (χ0v) is 12.1. The highest BCUT2D eigenvalue weighted by atomic mass is 19.3. The van der Waals surface area contributed by atoms with Crippen LogP contribution in [-0.4, -0.2) is 18.3 Å². The van der Waals surface area contributed by atoms with Crippen molar-refractivity contribution in [2.24, 2.45) is 5.92 Å². The van der Waals surface area contributed by atoms with Crippen molar-refractivity contribution in [3.8, 4) is 11.5 Å². The van der Waals surface area contributed by atoms with Gasteiger partial charge in [0.2, 0.25) is 0 Å². The molecule has 5 heteroatoms. The quantitative estimate of drug-likeness (QED) is 0.780. The molecule has 20 heavy (non-hydrogen) atoms. The monoisotopic (exact) mass is 288 g/mol. The predicted molar refractivity (Wildman–Crippen MR) is 73.3 cm³/mol. The van der Waals surface area contributed by atoms with Gasteiger partial charge < -0.3 is 14.6 Å². The Morgan fingerprint density at radius 3 is 2.25 bits per heavy atom. The molecule has 0 radical (unpaired) electrons. The molecular weight excluding hydrogens is 266 g/mol. The third-order valence-corrected chi connectivity index (χ3v) is 3.32. The van der Waals surface area contributed by atoms with E-state index in [9.17, 15) is 13.9 Å². The van der Waals surface area contributed by atoms with Crippen molar-refractivity contribution < 1.29 is 23.4 Å². The number of hydrogen-bond acceptors (Lipinski definition) is 3. The molecule has 0 aliphatic carbocycles. The Kier molecular flexibility index (Phi) is 6.71. The SMILES string of the molecule is CCOc1cc(C(O)C(CC)CC)ccc1OC(F)F. The van der Waals surface area contributed by atoms with Gasteiger partial charge in [-0.25, -0.2) is 0 Å². The summed E-state index contributed by atoms with van der Waals surface area (Å²) in [4.78, 5) is 0. The van der Waals surface area contributed by atoms with E-state index < -0.39 is 12.7 Å². The molecule has 0 saturated heterocycles. The predicted octanol–water partition coefficient (Wildman–Crippen LogP) is 4.16. The van der Waals surface area contributed by atoms with E-state index in [0.29, 0.717) is 12.2 Å². The molecule has 0 spiro atoms. The molecule has 1 aromatic rings. The highest BCUT2D eigenvalue weighted by molar-refractivity contribution is 5.43. The fourth-order valence-corrected chi connectivity index (χ4v) is 2.18. The lowest BCUT2D eigenvalue weighted by Crippen LogP contribution is -2.12. The first-order valence-electron chi connectivity index (χ1n) is 6.93. The molecule has 1 N–H and O–H groups in total. The zero-order valence-electron chi connectivity index (χ0n) is 12.1. The first kappa shape index (κ1) is 16.7. The van der Waals surface area contributed by atoms with Crippen LogP contribution in [0.25, 0.3) is 0 Å². The summed E-state index contributed by atoms with van der Waals surface area (Å²) in [5.74, 6) is 0.351. The van der Waals surface area contributed by atoms with Crippen molar-refractivity contribution in [3.05, 3.63) is 23.8 Å². The Bertz CT molecular complexity index is 406. The van der Waals surface area contributed by atoms with E-state index in [1.165, 1.54) is 6.07 Å². The Hall–Kier alpha value is -1.36. The topological polar surface area (TPSA) is 38.7 Å². The van der Waals surface area contributed by atoms with Crippen molar-refractivity contribution in [3.63, 3.8) is 0 Å². The van der Waals surface area contributed by atoms with Crippen molar-refractivity contribution in [2.75, 3.05) is 6.61 Å². The lowest BCUT2D eigenvalue weighted by atomic mass is 9.91. The number of alkyl halides is 2. The number of benzene rings is 1. The van der Waals surface area contributed by atoms with Gasteiger partial charge in [0.15, 0.2) is 11.5 Å². The molecule has 3 nitrogen and oxygen atoms in total. The third-order valence-electron chi connectivity index (χ3n) is 3.32. The first-order valence-corrected chi connectivity index (χ1v) is 6.93. The normalized spacial score (nSPS) is 12.8. The van der Waals surface area contributed by atoms with Gasteiger partial charge in [0.05, 0.1) is 12.7 Å². The van der Waals surface area contributed by atoms with E-state index in [0.717, 1.165) is 12.8 Å². The molecule has 0 aromatic heterocycles. The molecule has 0 bridgehead atoms. The molecule has 1 atom stereocenters. The molecule has 0 aliphatic heterocycles. The number of aliphatic hydroxyl groups excluding tert-OH is 1. The van der Waals surface area contributed by atoms with Gasteiger partial charge in [-0.15, -0.1) is 0 Å². The van der Waals surface area contributed by atoms with Crippen molar-refractivity contribution in [2.45, 2.75) is 46.3 Å². The van der Waals surface area contributed by atoms with Crippen LogP contribution < -0.4 is 9.47 Å². The summed E-state index contributed by atoms with van der Waals surface area (Å²) in [5, 5.41) is 10.3. The number of aliphatic hydroxyl groups is 1. The van der Waals surface area contributed by atoms with Crippen LogP contribution in [0.2, 0.25) is 0 Å². The van der Waals surface area contributed by atoms with E-state index >= 15 is 0 Å². The van der Waals surface area contributed by atoms with Crippen LogP contribution in [0.4, 0.5) is 8.78 Å². The van der Waals surface area contributed by atoms with Crippen LogP contribution in [0.1, 0.15) is 45.3 Å². The van der Waals surface area contributed by atoms with Crippen LogP contribution in [0.15, 0.2) is 18.2 Å². The van der Waals surface area contributed by atoms with Crippen LogP contribution in [0.3, 0.4) is 0 Å². The second-order valence-electron chi connectivity index (χ2n) is 4.54. The van der Waals surface area contributed by atoms with Crippen LogP contribution in [-0.2, 0) is 0 Å². The zero-order chi connectivity index (χ0) is 15.1. The van der Waals surface area contributed by atoms with E-state index in [4.69, 9.17) is 4.74 Å². The first-order chi connectivity index (χ1) is 9.53. The maximum atomic E-state index is 12.3. The molecule has 1 aromatic carbocycles. The molecule has 1 rings (SSSR count). The molecule has 114 valence electrons. The van der Waals surface area contributed by atoms with Gasteiger partial charge in [-0.1, -0.05) is 32.8 Å². The van der Waals surface area contributed by atoms with Gasteiger partial charge in [0.1, 0.15) is 0 Å². The summed E-state index contributed by atoms with van der Waals surface area (Å²) < 4.78 is 34.3. The van der Waals surface area contributed by atoms with Gasteiger partial charge >= 0.3 is 6.61 Å². The Morgan fingerprint density at radius 1 is 1.10 bits per heavy atom. The van der Waals surface area contributed by atoms with E-state index in [-0.39, 0.29) is 17.4 Å². The minimum Gasteiger partial charge on any atom is -0.490 e. The number of hydrogen-bond donors (Lipinski definition) is 1. The van der Waals surface area contributed by atoms with Gasteiger partial charge in [-0.3, -0.25) is 0 Å². The number of halogens is 2. The molecule has 0 aliphatic rings. The minimum atomic E-state index is -2.90. The molecule has 1 unspecified atom stereocenters. The standard InChI is InChI=1S/C15H22F2O3/c1-4-10(5-2)14(18)11-7-8-12(20-15(16)17)13(9-11)19-6-3/h7-10,14-15,18H,4-6H2,1-3H3. The Labute approximate surface area is 118 Å². The van der Waals surface area contributed by atoms with E-state index in [1.807, 2.05) is 13.8 Å². The fraction of sp³-hybridized carbons (Fsp3) is 0.600. The summed E-state index contributed by atoms with van der Waals surface area (Å²) in [6.07, 6.45) is 1.05. The highest BCUT2D eigenvalue weighted by Gasteiger charge is 2.20. The molecule has 0 fully saturated rings. The third kappa shape index (κ3) is 4.34. The summed E-state index contributed by atoms with van der Waals surface area (Å²) >= 11 is 0. The average Bonchev–Trinajstić information content (AvgIpc) is 2.41. The van der Waals surface area contributed by atoms with Gasteiger partial charge in [0, 0.05) is 0 Å². The van der Waals surface area contributed by atoms with Crippen molar-refractivity contribution >= 4 is 0 Å². The minimum absolute atomic E-state index is 0.0117. The molecule has 0 saturated carbocycles. The largest absolute Gasteiger partial charge is 0.490 e. The van der Waals surface area contributed by atoms with Crippen LogP contribution in [0.5, 0.6) is 11.5 Å². The van der Waals surface area contributed by atoms with E-state index in [1.54, 1.807) is 19.1 Å². The van der Waals surface area contributed by atoms with Gasteiger partial charge in [-0.2, -0.15) is 8.78 Å². The van der Waals surface area contributed by atoms with Crippen LogP contribution >= 0.6 is 0 Å². The average molecular weight is 288 g/mol. The van der Waals surface area contributed by atoms with Gasteiger partial charge in [0.25, 0.3) is 0 Å². The Balaban J connectivity index is 3.02.